The fraction of sp³-hybridized carbons (Fsp3) is 0.545. The Morgan fingerprint density at radius 2 is 2.13 bits per heavy atom. The van der Waals surface area contributed by atoms with E-state index < -0.39 is 0 Å². The molecule has 1 amide bonds. The number of carbonyl (C=O) groups excluding carboxylic acids is 1. The maximum Gasteiger partial charge on any atom is 0.274 e. The van der Waals surface area contributed by atoms with Crippen LogP contribution in [-0.2, 0) is 24.8 Å². The summed E-state index contributed by atoms with van der Waals surface area (Å²) in [6, 6.07) is 6.07. The van der Waals surface area contributed by atoms with Gasteiger partial charge in [0.15, 0.2) is 5.69 Å². The Kier molecular flexibility index (Phi) is 5.73. The number of nitrogens with zero attached hydrogens (tertiary/aromatic N) is 6. The first-order valence-corrected chi connectivity index (χ1v) is 10.5. The highest BCUT2D eigenvalue weighted by Gasteiger charge is 2.26. The zero-order chi connectivity index (χ0) is 21.3. The van der Waals surface area contributed by atoms with Crippen molar-refractivity contribution in [2.45, 2.75) is 32.8 Å². The molecule has 2 aromatic rings. The Morgan fingerprint density at radius 3 is 2.80 bits per heavy atom. The number of aromatic nitrogens is 3. The van der Waals surface area contributed by atoms with Crippen LogP contribution in [0, 0.1) is 24.2 Å². The monoisotopic (exact) mass is 408 g/mol. The predicted molar refractivity (Wildman–Crippen MR) is 112 cm³/mol. The first-order valence-electron chi connectivity index (χ1n) is 10.5. The molecule has 0 spiro atoms. The number of amides is 1. The van der Waals surface area contributed by atoms with E-state index in [4.69, 9.17) is 9.72 Å². The van der Waals surface area contributed by atoms with Gasteiger partial charge in [0.25, 0.3) is 5.91 Å². The number of carbonyl (C=O) groups is 1. The van der Waals surface area contributed by atoms with Crippen molar-refractivity contribution in [2.24, 2.45) is 13.0 Å². The van der Waals surface area contributed by atoms with Crippen molar-refractivity contribution in [3.05, 3.63) is 40.3 Å². The Morgan fingerprint density at radius 1 is 1.37 bits per heavy atom. The fourth-order valence-corrected chi connectivity index (χ4v) is 4.26. The van der Waals surface area contributed by atoms with Crippen molar-refractivity contribution in [1.29, 1.82) is 5.26 Å². The maximum absolute atomic E-state index is 12.7. The average Bonchev–Trinajstić information content (AvgIpc) is 3.11. The molecule has 8 heteroatoms. The summed E-state index contributed by atoms with van der Waals surface area (Å²) >= 11 is 0. The maximum atomic E-state index is 12.7. The van der Waals surface area contributed by atoms with Gasteiger partial charge in [0.2, 0.25) is 0 Å². The largest absolute Gasteiger partial charge is 0.376 e. The summed E-state index contributed by atoms with van der Waals surface area (Å²) in [5.41, 5.74) is 4.17. The van der Waals surface area contributed by atoms with Gasteiger partial charge in [-0.15, -0.1) is 0 Å². The van der Waals surface area contributed by atoms with Gasteiger partial charge in [-0.05, 0) is 37.8 Å². The van der Waals surface area contributed by atoms with Gasteiger partial charge < -0.3 is 14.5 Å². The van der Waals surface area contributed by atoms with Crippen LogP contribution in [0.4, 0.5) is 5.82 Å². The van der Waals surface area contributed by atoms with E-state index in [0.717, 1.165) is 55.1 Å². The van der Waals surface area contributed by atoms with E-state index in [2.05, 4.69) is 16.1 Å². The summed E-state index contributed by atoms with van der Waals surface area (Å²) < 4.78 is 7.22. The summed E-state index contributed by atoms with van der Waals surface area (Å²) in [4.78, 5) is 21.5. The van der Waals surface area contributed by atoms with Crippen LogP contribution in [0.25, 0.3) is 0 Å². The van der Waals surface area contributed by atoms with Crippen molar-refractivity contribution in [3.63, 3.8) is 0 Å². The second-order valence-electron chi connectivity index (χ2n) is 8.29. The lowest BCUT2D eigenvalue weighted by Crippen LogP contribution is -2.40. The zero-order valence-corrected chi connectivity index (χ0v) is 17.9. The molecule has 2 aliphatic heterocycles. The molecule has 30 heavy (non-hydrogen) atoms. The van der Waals surface area contributed by atoms with Crippen LogP contribution in [0.2, 0.25) is 0 Å². The van der Waals surface area contributed by atoms with Gasteiger partial charge in [-0.1, -0.05) is 0 Å². The summed E-state index contributed by atoms with van der Waals surface area (Å²) in [6.07, 6.45) is 2.72. The second-order valence-corrected chi connectivity index (χ2v) is 8.29. The van der Waals surface area contributed by atoms with E-state index in [1.165, 1.54) is 0 Å². The smallest absolute Gasteiger partial charge is 0.274 e. The van der Waals surface area contributed by atoms with Gasteiger partial charge >= 0.3 is 0 Å². The lowest BCUT2D eigenvalue weighted by atomic mass is 9.95. The number of anilines is 1. The molecule has 0 bridgehead atoms. The van der Waals surface area contributed by atoms with E-state index in [1.54, 1.807) is 9.58 Å². The van der Waals surface area contributed by atoms with Gasteiger partial charge in [-0.25, -0.2) is 4.98 Å². The molecule has 0 saturated carbocycles. The third-order valence-corrected chi connectivity index (χ3v) is 6.16. The summed E-state index contributed by atoms with van der Waals surface area (Å²) in [5.74, 6) is 1.19. The number of aryl methyl sites for hydroxylation is 2. The predicted octanol–water partition coefficient (Wildman–Crippen LogP) is 2.06. The van der Waals surface area contributed by atoms with Gasteiger partial charge in [0.05, 0.1) is 24.5 Å². The molecule has 0 aliphatic carbocycles. The van der Waals surface area contributed by atoms with E-state index in [0.29, 0.717) is 36.9 Å². The summed E-state index contributed by atoms with van der Waals surface area (Å²) in [5, 5.41) is 13.9. The lowest BCUT2D eigenvalue weighted by molar-refractivity contribution is 0.0758. The number of hydrogen-bond donors (Lipinski definition) is 0. The van der Waals surface area contributed by atoms with Crippen LogP contribution < -0.4 is 4.90 Å². The van der Waals surface area contributed by atoms with Gasteiger partial charge in [0.1, 0.15) is 11.9 Å². The van der Waals surface area contributed by atoms with Crippen molar-refractivity contribution in [2.75, 3.05) is 38.2 Å². The standard InChI is InChI=1S/C22H28N6O2/c1-15-10-20(25-27(15)3)22(29)26(2)13-16-4-7-28(8-5-16)21-17(12-23)11-18-14-30-9-6-19(18)24-21/h10-11,16H,4-9,13-14H2,1-3H3. The first kappa shape index (κ1) is 20.4. The highest BCUT2D eigenvalue weighted by atomic mass is 16.5. The van der Waals surface area contributed by atoms with Crippen LogP contribution in [0.1, 0.15) is 45.8 Å². The molecule has 0 N–H and O–H groups in total. The molecular weight excluding hydrogens is 380 g/mol. The molecule has 0 atom stereocenters. The molecule has 0 unspecified atom stereocenters. The SMILES string of the molecule is Cc1cc(C(=O)N(C)CC2CCN(c3nc4c(cc3C#N)COCC4)CC2)nn1C. The second kappa shape index (κ2) is 8.44. The molecule has 4 heterocycles. The molecule has 4 rings (SSSR count). The third-order valence-electron chi connectivity index (χ3n) is 6.16. The minimum atomic E-state index is -0.0357. The topological polar surface area (TPSA) is 87.3 Å². The number of pyridine rings is 1. The molecule has 1 fully saturated rings. The van der Waals surface area contributed by atoms with Crippen LogP contribution in [0.3, 0.4) is 0 Å². The van der Waals surface area contributed by atoms with Crippen molar-refractivity contribution in [1.82, 2.24) is 19.7 Å². The number of hydrogen-bond acceptors (Lipinski definition) is 6. The first-order chi connectivity index (χ1) is 14.5. The quantitative estimate of drug-likeness (QED) is 0.770. The van der Waals surface area contributed by atoms with Crippen LogP contribution >= 0.6 is 0 Å². The molecular formula is C22H28N6O2. The minimum absolute atomic E-state index is 0.0357. The molecule has 1 saturated heterocycles. The highest BCUT2D eigenvalue weighted by Crippen LogP contribution is 2.28. The molecule has 8 nitrogen and oxygen atoms in total. The van der Waals surface area contributed by atoms with Gasteiger partial charge in [-0.3, -0.25) is 9.48 Å². The normalized spacial score (nSPS) is 16.8. The number of piperidine rings is 1. The van der Waals surface area contributed by atoms with E-state index >= 15 is 0 Å². The molecule has 2 aromatic heterocycles. The summed E-state index contributed by atoms with van der Waals surface area (Å²) in [7, 11) is 3.69. The highest BCUT2D eigenvalue weighted by molar-refractivity contribution is 5.92. The number of fused-ring (bicyclic) bond motifs is 1. The molecule has 0 radical (unpaired) electrons. The van der Waals surface area contributed by atoms with Crippen LogP contribution in [0.5, 0.6) is 0 Å². The zero-order valence-electron chi connectivity index (χ0n) is 17.9. The number of nitriles is 1. The van der Waals surface area contributed by atoms with Gasteiger partial charge in [-0.2, -0.15) is 10.4 Å². The van der Waals surface area contributed by atoms with Crippen LogP contribution in [-0.4, -0.2) is 58.9 Å². The Hall–Kier alpha value is -2.92. The van der Waals surface area contributed by atoms with Crippen molar-refractivity contribution >= 4 is 11.7 Å². The fourth-order valence-electron chi connectivity index (χ4n) is 4.26. The third kappa shape index (κ3) is 4.03. The number of rotatable bonds is 4. The van der Waals surface area contributed by atoms with Gasteiger partial charge in [0, 0.05) is 51.4 Å². The van der Waals surface area contributed by atoms with Crippen molar-refractivity contribution in [3.8, 4) is 6.07 Å². The Bertz CT molecular complexity index is 965. The number of ether oxygens (including phenoxy) is 1. The average molecular weight is 409 g/mol. The van der Waals surface area contributed by atoms with E-state index in [9.17, 15) is 10.1 Å². The minimum Gasteiger partial charge on any atom is -0.376 e. The van der Waals surface area contributed by atoms with E-state index in [1.807, 2.05) is 33.2 Å². The molecule has 158 valence electrons. The van der Waals surface area contributed by atoms with Crippen LogP contribution in [0.15, 0.2) is 12.1 Å². The lowest BCUT2D eigenvalue weighted by Gasteiger charge is -2.35. The van der Waals surface area contributed by atoms with Crippen molar-refractivity contribution < 1.29 is 9.53 Å². The molecule has 0 aromatic carbocycles. The summed E-state index contributed by atoms with van der Waals surface area (Å²) in [6.45, 7) is 5.55. The molecule has 2 aliphatic rings. The Balaban J connectivity index is 1.38. The van der Waals surface area contributed by atoms with E-state index in [-0.39, 0.29) is 5.91 Å². The Labute approximate surface area is 177 Å².